The third-order valence-electron chi connectivity index (χ3n) is 2.61. The Morgan fingerprint density at radius 3 is 2.55 bits per heavy atom. The summed E-state index contributed by atoms with van der Waals surface area (Å²) in [5, 5.41) is 20.0. The second kappa shape index (κ2) is 5.37. The van der Waals surface area contributed by atoms with Gasteiger partial charge in [0.25, 0.3) is 5.91 Å². The van der Waals surface area contributed by atoms with Crippen LogP contribution in [0.3, 0.4) is 0 Å². The number of hydrogen-bond donors (Lipinski definition) is 3. The van der Waals surface area contributed by atoms with E-state index in [1.165, 1.54) is 20.3 Å². The van der Waals surface area contributed by atoms with Crippen molar-refractivity contribution in [3.8, 4) is 28.5 Å². The lowest BCUT2D eigenvalue weighted by Crippen LogP contribution is -2.12. The average molecular weight is 343 g/mol. The molecule has 0 bridgehead atoms. The molecule has 1 aromatic heterocycles. The van der Waals surface area contributed by atoms with Gasteiger partial charge in [-0.3, -0.25) is 4.79 Å². The number of phenolic OH excluding ortho intramolecular Hbond substituents is 1. The molecular formula is C11H11BrN4O4. The van der Waals surface area contributed by atoms with E-state index in [4.69, 9.17) is 15.2 Å². The fourth-order valence-electron chi connectivity index (χ4n) is 1.75. The number of halogens is 1. The minimum Gasteiger partial charge on any atom is -0.504 e. The van der Waals surface area contributed by atoms with Gasteiger partial charge in [0, 0.05) is 0 Å². The molecule has 20 heavy (non-hydrogen) atoms. The van der Waals surface area contributed by atoms with Crippen molar-refractivity contribution in [1.82, 2.24) is 15.4 Å². The highest BCUT2D eigenvalue weighted by molar-refractivity contribution is 9.10. The molecule has 0 radical (unpaired) electrons. The summed E-state index contributed by atoms with van der Waals surface area (Å²) >= 11 is 3.29. The zero-order valence-electron chi connectivity index (χ0n) is 10.6. The maximum atomic E-state index is 11.3. The summed E-state index contributed by atoms with van der Waals surface area (Å²) in [4.78, 5) is 11.3. The largest absolute Gasteiger partial charge is 0.504 e. The van der Waals surface area contributed by atoms with Crippen LogP contribution in [0.2, 0.25) is 0 Å². The molecule has 2 rings (SSSR count). The second-order valence-corrected chi connectivity index (χ2v) is 4.56. The number of primary amides is 1. The first-order valence-corrected chi connectivity index (χ1v) is 6.14. The monoisotopic (exact) mass is 342 g/mol. The van der Waals surface area contributed by atoms with E-state index in [0.29, 0.717) is 10.2 Å². The second-order valence-electron chi connectivity index (χ2n) is 3.71. The number of carbonyl (C=O) groups excluding carboxylic acids is 1. The first-order chi connectivity index (χ1) is 9.51. The van der Waals surface area contributed by atoms with Gasteiger partial charge in [-0.2, -0.15) is 15.4 Å². The summed E-state index contributed by atoms with van der Waals surface area (Å²) in [5.74, 6) is -0.573. The first-order valence-electron chi connectivity index (χ1n) is 5.35. The summed E-state index contributed by atoms with van der Waals surface area (Å²) in [5.41, 5.74) is 5.47. The number of nitrogens with two attached hydrogens (primary N) is 1. The molecule has 0 atom stereocenters. The van der Waals surface area contributed by atoms with Gasteiger partial charge in [0.15, 0.2) is 17.2 Å². The van der Waals surface area contributed by atoms with Crippen LogP contribution < -0.4 is 15.2 Å². The normalized spacial score (nSPS) is 10.3. The van der Waals surface area contributed by atoms with Gasteiger partial charge in [-0.25, -0.2) is 0 Å². The lowest BCUT2D eigenvalue weighted by atomic mass is 10.1. The molecule has 4 N–H and O–H groups in total. The van der Waals surface area contributed by atoms with E-state index in [1.54, 1.807) is 0 Å². The van der Waals surface area contributed by atoms with E-state index in [2.05, 4.69) is 31.3 Å². The molecule has 0 fully saturated rings. The number of amides is 1. The number of H-pyrrole nitrogens is 1. The van der Waals surface area contributed by atoms with Crippen molar-refractivity contribution in [3.63, 3.8) is 0 Å². The Morgan fingerprint density at radius 1 is 1.35 bits per heavy atom. The Labute approximate surface area is 122 Å². The number of phenols is 1. The summed E-state index contributed by atoms with van der Waals surface area (Å²) < 4.78 is 10.8. The molecule has 0 unspecified atom stereocenters. The number of rotatable bonds is 4. The molecule has 9 heteroatoms. The Hall–Kier alpha value is -2.29. The maximum Gasteiger partial charge on any atom is 0.271 e. The van der Waals surface area contributed by atoms with Gasteiger partial charge in [0.05, 0.1) is 24.3 Å². The van der Waals surface area contributed by atoms with Crippen LogP contribution in [0.1, 0.15) is 10.5 Å². The highest BCUT2D eigenvalue weighted by Gasteiger charge is 2.24. The lowest BCUT2D eigenvalue weighted by Gasteiger charge is -2.13. The van der Waals surface area contributed by atoms with Gasteiger partial charge >= 0.3 is 0 Å². The molecule has 0 saturated heterocycles. The highest BCUT2D eigenvalue weighted by Crippen LogP contribution is 2.47. The molecule has 1 amide bonds. The Morgan fingerprint density at radius 2 is 2.00 bits per heavy atom. The molecule has 0 saturated carbocycles. The number of hydrogen-bond acceptors (Lipinski definition) is 6. The van der Waals surface area contributed by atoms with Crippen LogP contribution in [0, 0.1) is 0 Å². The standard InChI is InChI=1S/C11H11BrN4O4/c1-19-9-5(12)3-4(8(17)10(9)20-2)6-7(11(13)18)15-16-14-6/h3,17H,1-2H3,(H2,13,18)(H,14,15,16). The number of carbonyl (C=O) groups is 1. The third kappa shape index (κ3) is 2.16. The topological polar surface area (TPSA) is 123 Å². The van der Waals surface area contributed by atoms with E-state index in [9.17, 15) is 9.90 Å². The highest BCUT2D eigenvalue weighted by atomic mass is 79.9. The van der Waals surface area contributed by atoms with E-state index in [0.717, 1.165) is 0 Å². The van der Waals surface area contributed by atoms with Gasteiger partial charge in [-0.15, -0.1) is 0 Å². The quantitative estimate of drug-likeness (QED) is 0.763. The molecule has 1 heterocycles. The molecule has 0 spiro atoms. The van der Waals surface area contributed by atoms with Crippen LogP contribution in [0.4, 0.5) is 0 Å². The minimum absolute atomic E-state index is 0.0839. The summed E-state index contributed by atoms with van der Waals surface area (Å²) in [6.45, 7) is 0. The maximum absolute atomic E-state index is 11.3. The SMILES string of the molecule is COc1c(Br)cc(-c2n[nH]nc2C(N)=O)c(O)c1OC. The van der Waals surface area contributed by atoms with Crippen LogP contribution in [0.5, 0.6) is 17.2 Å². The Bertz CT molecular complexity index is 671. The lowest BCUT2D eigenvalue weighted by molar-refractivity contribution is 0.0996. The van der Waals surface area contributed by atoms with Crippen molar-refractivity contribution in [1.29, 1.82) is 0 Å². The van der Waals surface area contributed by atoms with Gasteiger partial charge in [0.1, 0.15) is 5.69 Å². The summed E-state index contributed by atoms with van der Waals surface area (Å²) in [7, 11) is 2.82. The van der Waals surface area contributed by atoms with Crippen molar-refractivity contribution >= 4 is 21.8 Å². The zero-order valence-corrected chi connectivity index (χ0v) is 12.2. The molecule has 8 nitrogen and oxygen atoms in total. The Balaban J connectivity index is 2.72. The van der Waals surface area contributed by atoms with E-state index < -0.39 is 5.91 Å². The third-order valence-corrected chi connectivity index (χ3v) is 3.20. The fraction of sp³-hybridized carbons (Fsp3) is 0.182. The predicted octanol–water partition coefficient (Wildman–Crippen LogP) is 1.06. The summed E-state index contributed by atoms with van der Waals surface area (Å²) in [6.07, 6.45) is 0. The van der Waals surface area contributed by atoms with E-state index in [-0.39, 0.29) is 28.5 Å². The van der Waals surface area contributed by atoms with Crippen molar-refractivity contribution in [2.45, 2.75) is 0 Å². The van der Waals surface area contributed by atoms with Gasteiger partial charge in [-0.1, -0.05) is 0 Å². The van der Waals surface area contributed by atoms with Crippen molar-refractivity contribution in [3.05, 3.63) is 16.2 Å². The van der Waals surface area contributed by atoms with Gasteiger partial charge < -0.3 is 20.3 Å². The van der Waals surface area contributed by atoms with Gasteiger partial charge in [-0.05, 0) is 22.0 Å². The number of benzene rings is 1. The molecular weight excluding hydrogens is 332 g/mol. The van der Waals surface area contributed by atoms with Crippen LogP contribution in [0.15, 0.2) is 10.5 Å². The molecule has 1 aromatic carbocycles. The number of nitrogens with zero attached hydrogens (tertiary/aromatic N) is 2. The number of aromatic hydroxyl groups is 1. The zero-order chi connectivity index (χ0) is 14.9. The predicted molar refractivity (Wildman–Crippen MR) is 72.8 cm³/mol. The first kappa shape index (κ1) is 14.1. The van der Waals surface area contributed by atoms with E-state index >= 15 is 0 Å². The fourth-order valence-corrected chi connectivity index (χ4v) is 2.32. The average Bonchev–Trinajstić information content (AvgIpc) is 2.89. The molecule has 0 aliphatic carbocycles. The smallest absolute Gasteiger partial charge is 0.271 e. The van der Waals surface area contributed by atoms with Crippen LogP contribution >= 0.6 is 15.9 Å². The van der Waals surface area contributed by atoms with E-state index in [1.807, 2.05) is 0 Å². The molecule has 0 aliphatic rings. The minimum atomic E-state index is -0.765. The number of aromatic nitrogens is 3. The van der Waals surface area contributed by atoms with Gasteiger partial charge in [0.2, 0.25) is 5.75 Å². The number of aromatic amines is 1. The number of methoxy groups -OCH3 is 2. The van der Waals surface area contributed by atoms with Crippen molar-refractivity contribution < 1.29 is 19.4 Å². The number of ether oxygens (including phenoxy) is 2. The Kier molecular flexibility index (Phi) is 3.79. The summed E-state index contributed by atoms with van der Waals surface area (Å²) in [6, 6.07) is 1.53. The molecule has 2 aromatic rings. The molecule has 0 aliphatic heterocycles. The van der Waals surface area contributed by atoms with Crippen molar-refractivity contribution in [2.75, 3.05) is 14.2 Å². The molecule has 106 valence electrons. The van der Waals surface area contributed by atoms with Crippen LogP contribution in [-0.2, 0) is 0 Å². The van der Waals surface area contributed by atoms with Crippen LogP contribution in [0.25, 0.3) is 11.3 Å². The number of nitrogens with one attached hydrogen (secondary N) is 1. The van der Waals surface area contributed by atoms with Crippen LogP contribution in [-0.4, -0.2) is 40.6 Å². The van der Waals surface area contributed by atoms with Crippen molar-refractivity contribution in [2.24, 2.45) is 5.73 Å².